The van der Waals surface area contributed by atoms with Gasteiger partial charge in [-0.3, -0.25) is 0 Å². The van der Waals surface area contributed by atoms with Gasteiger partial charge in [0.15, 0.2) is 29.2 Å². The van der Waals surface area contributed by atoms with Gasteiger partial charge in [0.2, 0.25) is 0 Å². The van der Waals surface area contributed by atoms with E-state index in [4.69, 9.17) is 42.0 Å². The van der Waals surface area contributed by atoms with E-state index in [1.165, 1.54) is 107 Å². The molecule has 104 heavy (non-hydrogen) atoms. The zero-order valence-corrected chi connectivity index (χ0v) is 75.7. The first-order chi connectivity index (χ1) is 47.5. The summed E-state index contributed by atoms with van der Waals surface area (Å²) in [6.45, 7) is 53.8. The summed E-state index contributed by atoms with van der Waals surface area (Å²) in [6.07, 6.45) is 25.6. The van der Waals surface area contributed by atoms with Gasteiger partial charge in [-0.15, -0.1) is 0 Å². The van der Waals surface area contributed by atoms with Crippen molar-refractivity contribution in [2.75, 3.05) is 24.2 Å². The molecule has 28 atom stereocenters. The summed E-state index contributed by atoms with van der Waals surface area (Å²) in [5, 5.41) is 33.7. The van der Waals surface area contributed by atoms with Gasteiger partial charge < -0.3 is 58.8 Å². The average molecular weight is 1620 g/mol. The molecule has 0 aromatic heterocycles. The predicted octanol–water partition coefficient (Wildman–Crippen LogP) is 18.6. The Labute approximate surface area is 677 Å². The number of rotatable bonds is 20. The molecule has 0 aromatic rings. The molecule has 4 heterocycles. The molecule has 4 saturated heterocycles. The summed E-state index contributed by atoms with van der Waals surface area (Å²) in [5.74, 6) is 4.41. The molecule has 12 nitrogen and oxygen atoms in total. The van der Waals surface area contributed by atoms with Crippen LogP contribution in [-0.2, 0) is 42.0 Å². The summed E-state index contributed by atoms with van der Waals surface area (Å²) in [6, 6.07) is 6.88. The van der Waals surface area contributed by atoms with Crippen LogP contribution in [0, 0.1) is 101 Å². The zero-order chi connectivity index (χ0) is 73.5. The second kappa shape index (κ2) is 32.3. The Bertz CT molecular complexity index is 2810. The smallest absolute Gasteiger partial charge is 1.00 e. The maximum absolute atomic E-state index is 11.4. The van der Waals surface area contributed by atoms with Crippen molar-refractivity contribution < 1.29 is 88.3 Å². The second-order valence-electron chi connectivity index (χ2n) is 40.5. The van der Waals surface area contributed by atoms with Crippen molar-refractivity contribution in [2.24, 2.45) is 101 Å². The Morgan fingerprint density at radius 2 is 0.856 bits per heavy atom. The van der Waals surface area contributed by atoms with E-state index in [0.29, 0.717) is 75.6 Å². The number of halogens is 1. The standard InChI is InChI=1S/C43H76O6Si.C41H72O6Si.C2H5I.2CH4.Na.H/c1-12-45-36(39(8,9)44)29-26-28(5)34-35(47-29)37(49-50(13-2,14-3)15-4)41(11)31-20-19-30-38(6,7)32(48-33-18-16-17-25-46-33)21-22-42(30)27-43(31,42)24-23-40(34,41)10;1-11-48(12-2,13-3)47-35-33-32(26(4)24-27(45-33)34(42)37(7,8)43)38(9)21-22-41-25-40(41)20-19-30(46-31-16-14-15-23-44-31)36(5,6)28(40)17-18-29(41)39(35,38)10;1-2-3;;;;/h28-37,44H,12-27H2,1-11H3;26-35,42-43H,11-25H2,1-10H3;2H2,1H3;2*1H4;;/q;;;;;+1;-1/t28-,29-,30+,31+,32+,33+,34+,35+,36+,37+,40-,41-,42-,43+;26-,27-,28+,29+,30+,31+,32+,33+,34+,35+,38-,39-,40-,41+;;;;;/m11...../s1. The van der Waals surface area contributed by atoms with Crippen molar-refractivity contribution in [3.63, 3.8) is 0 Å². The second-order valence-corrected chi connectivity index (χ2v) is 51.5. The van der Waals surface area contributed by atoms with Crippen LogP contribution >= 0.6 is 22.6 Å². The van der Waals surface area contributed by atoms with Crippen molar-refractivity contribution in [1.29, 1.82) is 0 Å². The fraction of sp³-hybridized carbons (Fsp3) is 1.00. The van der Waals surface area contributed by atoms with Gasteiger partial charge in [-0.1, -0.05) is 155 Å². The first kappa shape index (κ1) is 89.6. The third-order valence-electron chi connectivity index (χ3n) is 35.4. The van der Waals surface area contributed by atoms with Crippen LogP contribution in [0.3, 0.4) is 0 Å². The molecule has 14 fully saturated rings. The predicted molar refractivity (Wildman–Crippen MR) is 434 cm³/mol. The van der Waals surface area contributed by atoms with E-state index in [1.807, 2.05) is 20.8 Å². The van der Waals surface area contributed by atoms with Gasteiger partial charge in [0.05, 0.1) is 60.0 Å². The molecular formula is C88H162INaO12Si2. The van der Waals surface area contributed by atoms with E-state index >= 15 is 0 Å². The third kappa shape index (κ3) is 13.9. The van der Waals surface area contributed by atoms with E-state index in [1.54, 1.807) is 13.8 Å². The number of aliphatic hydroxyl groups is 3. The number of hydrogen-bond donors (Lipinski definition) is 3. The van der Waals surface area contributed by atoms with E-state index < -0.39 is 33.9 Å². The Kier molecular flexibility index (Phi) is 27.8. The van der Waals surface area contributed by atoms with Crippen LogP contribution in [0.2, 0.25) is 36.3 Å². The Balaban J connectivity index is 0.000000247. The van der Waals surface area contributed by atoms with E-state index in [-0.39, 0.29) is 146 Å². The van der Waals surface area contributed by atoms with Crippen molar-refractivity contribution >= 4 is 39.2 Å². The van der Waals surface area contributed by atoms with Gasteiger partial charge in [-0.25, -0.2) is 0 Å². The molecule has 0 aromatic carbocycles. The molecule has 14 rings (SSSR count). The molecule has 4 spiro atoms. The largest absolute Gasteiger partial charge is 1.00 e. The summed E-state index contributed by atoms with van der Waals surface area (Å²) < 4.78 is 63.9. The average Bonchev–Trinajstić information content (AvgIpc) is 1.46. The van der Waals surface area contributed by atoms with Gasteiger partial charge in [-0.2, -0.15) is 0 Å². The Hall–Kier alpha value is 1.68. The van der Waals surface area contributed by atoms with Gasteiger partial charge in [0.1, 0.15) is 12.2 Å². The summed E-state index contributed by atoms with van der Waals surface area (Å²) >= 11 is 2.29. The van der Waals surface area contributed by atoms with Crippen molar-refractivity contribution in [2.45, 2.75) is 430 Å². The number of ether oxygens (including phenoxy) is 7. The van der Waals surface area contributed by atoms with Crippen LogP contribution < -0.4 is 29.6 Å². The van der Waals surface area contributed by atoms with Gasteiger partial charge in [0.25, 0.3) is 0 Å². The molecule has 602 valence electrons. The molecular weight excluding hydrogens is 1460 g/mol. The van der Waals surface area contributed by atoms with E-state index in [9.17, 15) is 15.3 Å². The van der Waals surface area contributed by atoms with Gasteiger partial charge >= 0.3 is 29.6 Å². The fourth-order valence-corrected chi connectivity index (χ4v) is 35.6. The quantitative estimate of drug-likeness (QED) is 0.0462. The topological polar surface area (TPSA) is 144 Å². The molecule has 16 heteroatoms. The molecule has 10 aliphatic carbocycles. The van der Waals surface area contributed by atoms with Crippen LogP contribution in [0.5, 0.6) is 0 Å². The molecule has 0 bridgehead atoms. The number of alkyl halides is 1. The Morgan fingerprint density at radius 3 is 1.19 bits per heavy atom. The summed E-state index contributed by atoms with van der Waals surface area (Å²) in [4.78, 5) is 0. The minimum Gasteiger partial charge on any atom is -1.00 e. The van der Waals surface area contributed by atoms with E-state index in [2.05, 4.69) is 140 Å². The molecule has 4 aliphatic heterocycles. The Morgan fingerprint density at radius 1 is 0.500 bits per heavy atom. The van der Waals surface area contributed by atoms with Gasteiger partial charge in [-0.05, 0) is 307 Å². The van der Waals surface area contributed by atoms with Gasteiger partial charge in [0, 0.05) is 30.7 Å². The normalized spacial score (nSPS) is 46.9. The molecule has 3 N–H and O–H groups in total. The first-order valence-corrected chi connectivity index (χ1v) is 49.5. The summed E-state index contributed by atoms with van der Waals surface area (Å²) in [7, 11) is -3.98. The fourth-order valence-electron chi connectivity index (χ4n) is 29.8. The van der Waals surface area contributed by atoms with Crippen LogP contribution in [0.15, 0.2) is 0 Å². The number of hydrogen-bond acceptors (Lipinski definition) is 12. The zero-order valence-electron chi connectivity index (χ0n) is 70.6. The molecule has 14 aliphatic rings. The van der Waals surface area contributed by atoms with Crippen molar-refractivity contribution in [1.82, 2.24) is 0 Å². The SMILES string of the molecule is C.C.CCI.CCO[C@@H]([C@H]1C[C@@H](C)[C@H]2[C@H](O1)[C@H](O[Si](CC)(CC)CC)[C@@]1(C)[C@@H]3CC[C@H]4C(C)(C)[C@@H](O[C@H]5CCCCO5)CC[C@@]45C[C@@]35CC[C@]21C)C(C)(C)O.CC[Si](CC)(CC)O[C@H]1[C@H]2O[C@@H]([C@H](O)C(C)(C)O)C[C@@H](C)[C@@H]2[C@@]2(C)CC[C@@]34C[C@@]35CC[C@H](O[C@H]3CCCCO3)C(C)(C)[C@@H]5CC[C@H]4[C@]12C.[H-].[Na+]. The molecule has 0 unspecified atom stereocenters. The molecule has 0 amide bonds. The molecule has 0 radical (unpaired) electrons. The van der Waals surface area contributed by atoms with Crippen LogP contribution in [0.4, 0.5) is 0 Å². The minimum atomic E-state index is -2.00. The van der Waals surface area contributed by atoms with Crippen LogP contribution in [-0.4, -0.2) is 141 Å². The van der Waals surface area contributed by atoms with Crippen molar-refractivity contribution in [3.05, 3.63) is 0 Å². The summed E-state index contributed by atoms with van der Waals surface area (Å²) in [5.41, 5.74) is 0.0524. The number of fused-ring (bicyclic) bond motifs is 8. The van der Waals surface area contributed by atoms with Crippen LogP contribution in [0.25, 0.3) is 0 Å². The van der Waals surface area contributed by atoms with Crippen molar-refractivity contribution in [3.8, 4) is 0 Å². The maximum atomic E-state index is 11.4. The minimum absolute atomic E-state index is 0. The van der Waals surface area contributed by atoms with E-state index in [0.717, 1.165) is 88.0 Å². The molecule has 10 saturated carbocycles. The monoisotopic (exact) mass is 1620 g/mol. The number of aliphatic hydroxyl groups excluding tert-OH is 1. The van der Waals surface area contributed by atoms with Crippen LogP contribution in [0.1, 0.15) is 310 Å². The first-order valence-electron chi connectivity index (χ1n) is 43.0. The maximum Gasteiger partial charge on any atom is 1.00 e. The third-order valence-corrected chi connectivity index (χ3v) is 44.7.